The maximum atomic E-state index is 13.0. The summed E-state index contributed by atoms with van der Waals surface area (Å²) in [5.41, 5.74) is 0.492. The first-order valence-corrected chi connectivity index (χ1v) is 11.2. The molecule has 3 rings (SSSR count). The first-order chi connectivity index (χ1) is 12.7. The Morgan fingerprint density at radius 2 is 1.70 bits per heavy atom. The summed E-state index contributed by atoms with van der Waals surface area (Å²) in [6.45, 7) is 2.78. The summed E-state index contributed by atoms with van der Waals surface area (Å²) in [7, 11) is -3.27. The zero-order valence-corrected chi connectivity index (χ0v) is 16.6. The lowest BCUT2D eigenvalue weighted by molar-refractivity contribution is 0.0693. The molecule has 1 N–H and O–H groups in total. The largest absolute Gasteiger partial charge is 0.393 e. The molecule has 1 saturated heterocycles. The SMILES string of the molecule is Cc1ccn(C2CCC(O)CC2)c(=O)c1C(=O)N1CCN(S(C)(=O)=O)CC1. The van der Waals surface area contributed by atoms with Crippen molar-refractivity contribution in [2.45, 2.75) is 44.8 Å². The van der Waals surface area contributed by atoms with Gasteiger partial charge in [-0.2, -0.15) is 4.31 Å². The summed E-state index contributed by atoms with van der Waals surface area (Å²) in [6, 6.07) is 1.78. The Morgan fingerprint density at radius 3 is 2.26 bits per heavy atom. The molecule has 9 heteroatoms. The van der Waals surface area contributed by atoms with Gasteiger partial charge in [-0.05, 0) is 44.2 Å². The Hall–Kier alpha value is -1.71. The van der Waals surface area contributed by atoms with Crippen LogP contribution in [0.5, 0.6) is 0 Å². The van der Waals surface area contributed by atoms with Crippen molar-refractivity contribution in [2.75, 3.05) is 32.4 Å². The van der Waals surface area contributed by atoms with Gasteiger partial charge in [-0.15, -0.1) is 0 Å². The van der Waals surface area contributed by atoms with E-state index in [1.807, 2.05) is 0 Å². The van der Waals surface area contributed by atoms with Gasteiger partial charge in [0, 0.05) is 38.4 Å². The number of piperazine rings is 1. The van der Waals surface area contributed by atoms with Gasteiger partial charge in [0.15, 0.2) is 0 Å². The zero-order chi connectivity index (χ0) is 19.8. The number of pyridine rings is 1. The molecular weight excluding hydrogens is 370 g/mol. The molecule has 2 aliphatic rings. The third kappa shape index (κ3) is 4.25. The number of aliphatic hydroxyl groups is 1. The predicted molar refractivity (Wildman–Crippen MR) is 101 cm³/mol. The molecule has 1 aliphatic carbocycles. The summed E-state index contributed by atoms with van der Waals surface area (Å²) >= 11 is 0. The number of amides is 1. The average molecular weight is 397 g/mol. The van der Waals surface area contributed by atoms with E-state index in [2.05, 4.69) is 0 Å². The number of aromatic nitrogens is 1. The Bertz CT molecular complexity index is 863. The van der Waals surface area contributed by atoms with Crippen LogP contribution in [0.25, 0.3) is 0 Å². The lowest BCUT2D eigenvalue weighted by Crippen LogP contribution is -2.51. The van der Waals surface area contributed by atoms with E-state index < -0.39 is 10.0 Å². The molecule has 150 valence electrons. The first kappa shape index (κ1) is 20.0. The monoisotopic (exact) mass is 397 g/mol. The number of hydrogen-bond acceptors (Lipinski definition) is 5. The van der Waals surface area contributed by atoms with E-state index in [9.17, 15) is 23.1 Å². The van der Waals surface area contributed by atoms with Crippen molar-refractivity contribution in [2.24, 2.45) is 0 Å². The molecule has 27 heavy (non-hydrogen) atoms. The van der Waals surface area contributed by atoms with Crippen LogP contribution in [0.1, 0.15) is 47.6 Å². The molecule has 0 radical (unpaired) electrons. The highest BCUT2D eigenvalue weighted by Crippen LogP contribution is 2.27. The van der Waals surface area contributed by atoms with Crippen LogP contribution in [0.2, 0.25) is 0 Å². The molecule has 0 atom stereocenters. The molecule has 1 aromatic rings. The van der Waals surface area contributed by atoms with Crippen LogP contribution in [0.3, 0.4) is 0 Å². The van der Waals surface area contributed by atoms with E-state index in [1.54, 1.807) is 28.7 Å². The fourth-order valence-electron chi connectivity index (χ4n) is 3.91. The number of hydrogen-bond donors (Lipinski definition) is 1. The van der Waals surface area contributed by atoms with Crippen molar-refractivity contribution in [1.29, 1.82) is 0 Å². The van der Waals surface area contributed by atoms with Crippen LogP contribution in [-0.4, -0.2) is 71.7 Å². The van der Waals surface area contributed by atoms with Crippen LogP contribution >= 0.6 is 0 Å². The van der Waals surface area contributed by atoms with Crippen molar-refractivity contribution >= 4 is 15.9 Å². The van der Waals surface area contributed by atoms with E-state index in [0.717, 1.165) is 6.26 Å². The standard InChI is InChI=1S/C18H27N3O5S/c1-13-7-8-21(14-3-5-15(22)6-4-14)18(24)16(13)17(23)19-9-11-20(12-10-19)27(2,25)26/h7-8,14-15,22H,3-6,9-12H2,1-2H3. The van der Waals surface area contributed by atoms with Crippen molar-refractivity contribution < 1.29 is 18.3 Å². The summed E-state index contributed by atoms with van der Waals surface area (Å²) in [5, 5.41) is 9.68. The molecule has 0 aromatic carbocycles. The highest BCUT2D eigenvalue weighted by Gasteiger charge is 2.30. The summed E-state index contributed by atoms with van der Waals surface area (Å²) in [5.74, 6) is -0.337. The van der Waals surface area contributed by atoms with E-state index in [-0.39, 0.29) is 55.4 Å². The van der Waals surface area contributed by atoms with Gasteiger partial charge in [-0.1, -0.05) is 0 Å². The van der Waals surface area contributed by atoms with Crippen LogP contribution in [0, 0.1) is 6.92 Å². The summed E-state index contributed by atoms with van der Waals surface area (Å²) in [6.07, 6.45) is 5.32. The van der Waals surface area contributed by atoms with Gasteiger partial charge < -0.3 is 14.6 Å². The number of nitrogens with zero attached hydrogens (tertiary/aromatic N) is 3. The molecule has 2 fully saturated rings. The zero-order valence-electron chi connectivity index (χ0n) is 15.8. The number of rotatable bonds is 3. The molecule has 8 nitrogen and oxygen atoms in total. The van der Waals surface area contributed by atoms with Crippen LogP contribution in [-0.2, 0) is 10.0 Å². The number of sulfonamides is 1. The fraction of sp³-hybridized carbons (Fsp3) is 0.667. The van der Waals surface area contributed by atoms with E-state index in [1.165, 1.54) is 4.31 Å². The molecule has 1 aliphatic heterocycles. The second kappa shape index (κ2) is 7.73. The summed E-state index contributed by atoms with van der Waals surface area (Å²) in [4.78, 5) is 27.6. The molecule has 0 spiro atoms. The first-order valence-electron chi connectivity index (χ1n) is 9.32. The van der Waals surface area contributed by atoms with Crippen LogP contribution in [0.4, 0.5) is 0 Å². The van der Waals surface area contributed by atoms with Gasteiger partial charge in [-0.3, -0.25) is 9.59 Å². The van der Waals surface area contributed by atoms with Gasteiger partial charge in [0.2, 0.25) is 10.0 Å². The van der Waals surface area contributed by atoms with Gasteiger partial charge in [-0.25, -0.2) is 8.42 Å². The van der Waals surface area contributed by atoms with E-state index in [4.69, 9.17) is 0 Å². The molecular formula is C18H27N3O5S. The number of carbonyl (C=O) groups is 1. The minimum atomic E-state index is -3.27. The van der Waals surface area contributed by atoms with Crippen molar-refractivity contribution in [1.82, 2.24) is 13.8 Å². The van der Waals surface area contributed by atoms with Gasteiger partial charge in [0.05, 0.1) is 12.4 Å². The summed E-state index contributed by atoms with van der Waals surface area (Å²) < 4.78 is 26.2. The molecule has 1 aromatic heterocycles. The van der Waals surface area contributed by atoms with Crippen LogP contribution < -0.4 is 5.56 Å². The Morgan fingerprint density at radius 1 is 1.11 bits per heavy atom. The number of aryl methyl sites for hydroxylation is 1. The average Bonchev–Trinajstić information content (AvgIpc) is 2.62. The molecule has 1 amide bonds. The lowest BCUT2D eigenvalue weighted by Gasteiger charge is -2.33. The maximum Gasteiger partial charge on any atom is 0.263 e. The van der Waals surface area contributed by atoms with E-state index in [0.29, 0.717) is 31.2 Å². The predicted octanol–water partition coefficient (Wildman–Crippen LogP) is 0.350. The third-order valence-corrected chi connectivity index (χ3v) is 6.90. The molecule has 0 unspecified atom stereocenters. The van der Waals surface area contributed by atoms with Gasteiger partial charge in [0.25, 0.3) is 11.5 Å². The second-order valence-corrected chi connectivity index (χ2v) is 9.49. The van der Waals surface area contributed by atoms with Gasteiger partial charge in [0.1, 0.15) is 5.56 Å². The fourth-order valence-corrected chi connectivity index (χ4v) is 4.73. The van der Waals surface area contributed by atoms with E-state index >= 15 is 0 Å². The normalized spacial score (nSPS) is 24.8. The van der Waals surface area contributed by atoms with Crippen molar-refractivity contribution in [3.05, 3.63) is 33.7 Å². The second-order valence-electron chi connectivity index (χ2n) is 7.50. The number of carbonyl (C=O) groups excluding carboxylic acids is 1. The number of aliphatic hydroxyl groups excluding tert-OH is 1. The van der Waals surface area contributed by atoms with Crippen molar-refractivity contribution in [3.8, 4) is 0 Å². The maximum absolute atomic E-state index is 13.0. The van der Waals surface area contributed by atoms with Crippen molar-refractivity contribution in [3.63, 3.8) is 0 Å². The Kier molecular flexibility index (Phi) is 5.73. The highest BCUT2D eigenvalue weighted by molar-refractivity contribution is 7.88. The van der Waals surface area contributed by atoms with Crippen LogP contribution in [0.15, 0.2) is 17.1 Å². The third-order valence-electron chi connectivity index (χ3n) is 5.60. The smallest absolute Gasteiger partial charge is 0.263 e. The topological polar surface area (TPSA) is 99.9 Å². The Labute approximate surface area is 159 Å². The minimum absolute atomic E-state index is 0.00451. The lowest BCUT2D eigenvalue weighted by atomic mass is 9.92. The quantitative estimate of drug-likeness (QED) is 0.793. The highest BCUT2D eigenvalue weighted by atomic mass is 32.2. The molecule has 2 heterocycles. The van der Waals surface area contributed by atoms with Gasteiger partial charge >= 0.3 is 0 Å². The Balaban J connectivity index is 1.81. The minimum Gasteiger partial charge on any atom is -0.393 e. The molecule has 0 bridgehead atoms. The molecule has 1 saturated carbocycles.